The number of halogens is 4. The summed E-state index contributed by atoms with van der Waals surface area (Å²) in [4.78, 5) is 21.3. The Balaban J connectivity index is 1.43. The number of fused-ring (bicyclic) bond motifs is 1. The van der Waals surface area contributed by atoms with E-state index in [9.17, 15) is 18.0 Å². The van der Waals surface area contributed by atoms with Gasteiger partial charge in [-0.25, -0.2) is 9.78 Å². The van der Waals surface area contributed by atoms with Gasteiger partial charge in [-0.2, -0.15) is 13.2 Å². The summed E-state index contributed by atoms with van der Waals surface area (Å²) >= 11 is 2.17. The number of carbonyl (C=O) groups excluding carboxylic acids is 1. The molecular formula is C26H27F3IN5O2. The van der Waals surface area contributed by atoms with Crippen molar-refractivity contribution >= 4 is 45.6 Å². The minimum absolute atomic E-state index is 0.0276. The van der Waals surface area contributed by atoms with Crippen molar-refractivity contribution in [3.63, 3.8) is 0 Å². The van der Waals surface area contributed by atoms with Crippen LogP contribution in [0, 0.1) is 17.4 Å². The van der Waals surface area contributed by atoms with E-state index in [2.05, 4.69) is 38.9 Å². The van der Waals surface area contributed by atoms with Crippen molar-refractivity contribution in [2.45, 2.75) is 26.4 Å². The smallest absolute Gasteiger partial charge is 0.378 e. The molecule has 0 aliphatic carbocycles. The predicted octanol–water partition coefficient (Wildman–Crippen LogP) is 5.79. The van der Waals surface area contributed by atoms with E-state index in [0.717, 1.165) is 50.4 Å². The summed E-state index contributed by atoms with van der Waals surface area (Å²) in [5.41, 5.74) is 6.63. The van der Waals surface area contributed by atoms with E-state index in [1.165, 1.54) is 11.0 Å². The van der Waals surface area contributed by atoms with Crippen LogP contribution in [-0.2, 0) is 4.74 Å². The van der Waals surface area contributed by atoms with Gasteiger partial charge in [-0.3, -0.25) is 0 Å². The SMILES string of the molecule is Cc1cn2cc(-c3cc(NC(=O)N4CC=C(CC(F)(F)F)C4)c(I)cc3C)cc(N3CCOCC3)c2n1. The number of ether oxygens (including phenoxy) is 1. The first kappa shape index (κ1) is 25.8. The van der Waals surface area contributed by atoms with E-state index in [4.69, 9.17) is 9.72 Å². The van der Waals surface area contributed by atoms with Crippen molar-refractivity contribution in [1.82, 2.24) is 14.3 Å². The minimum Gasteiger partial charge on any atom is -0.378 e. The fourth-order valence-corrected chi connectivity index (χ4v) is 5.57. The van der Waals surface area contributed by atoms with E-state index < -0.39 is 18.6 Å². The lowest BCUT2D eigenvalue weighted by Crippen LogP contribution is -2.36. The van der Waals surface area contributed by atoms with Crippen LogP contribution in [-0.4, -0.2) is 65.9 Å². The van der Waals surface area contributed by atoms with Gasteiger partial charge in [-0.15, -0.1) is 0 Å². The third kappa shape index (κ3) is 5.71. The number of nitrogens with one attached hydrogen (secondary N) is 1. The van der Waals surface area contributed by atoms with Crippen LogP contribution in [0.25, 0.3) is 16.8 Å². The molecule has 1 aromatic carbocycles. The molecule has 1 fully saturated rings. The van der Waals surface area contributed by atoms with E-state index in [-0.39, 0.29) is 18.7 Å². The molecule has 2 aliphatic rings. The van der Waals surface area contributed by atoms with E-state index in [0.29, 0.717) is 18.9 Å². The number of pyridine rings is 1. The minimum atomic E-state index is -4.28. The van der Waals surface area contributed by atoms with Gasteiger partial charge >= 0.3 is 12.2 Å². The number of imidazole rings is 1. The molecule has 11 heteroatoms. The topological polar surface area (TPSA) is 62.1 Å². The van der Waals surface area contributed by atoms with Crippen LogP contribution in [0.4, 0.5) is 29.3 Å². The predicted molar refractivity (Wildman–Crippen MR) is 145 cm³/mol. The zero-order chi connectivity index (χ0) is 26.3. The number of amides is 2. The highest BCUT2D eigenvalue weighted by Crippen LogP contribution is 2.35. The Bertz CT molecular complexity index is 1380. The summed E-state index contributed by atoms with van der Waals surface area (Å²) in [6.07, 6.45) is 0.230. The standard InChI is InChI=1S/C26H27F3IN5O2/c1-16-9-21(30)22(32-25(36)34-4-3-18(14-34)12-26(27,28)29)11-20(16)19-10-23(33-5-7-37-8-6-33)24-31-17(2)13-35(24)15-19/h3,9-11,13,15H,4-8,12,14H2,1-2H3,(H,32,36). The fraction of sp³-hybridized carbons (Fsp3) is 0.385. The van der Waals surface area contributed by atoms with Gasteiger partial charge in [0.25, 0.3) is 0 Å². The van der Waals surface area contributed by atoms with Gasteiger partial charge in [-0.05, 0) is 71.3 Å². The molecular weight excluding hydrogens is 598 g/mol. The van der Waals surface area contributed by atoms with Crippen LogP contribution < -0.4 is 10.2 Å². The molecule has 0 radical (unpaired) electrons. The molecule has 37 heavy (non-hydrogen) atoms. The summed E-state index contributed by atoms with van der Waals surface area (Å²) in [6, 6.07) is 5.64. The molecule has 0 spiro atoms. The molecule has 2 aromatic heterocycles. The Morgan fingerprint density at radius 2 is 1.92 bits per heavy atom. The monoisotopic (exact) mass is 625 g/mol. The number of nitrogens with zero attached hydrogens (tertiary/aromatic N) is 4. The Morgan fingerprint density at radius 1 is 1.16 bits per heavy atom. The number of hydrogen-bond acceptors (Lipinski definition) is 4. The molecule has 2 amide bonds. The molecule has 0 unspecified atom stereocenters. The summed E-state index contributed by atoms with van der Waals surface area (Å²) in [7, 11) is 0. The zero-order valence-electron chi connectivity index (χ0n) is 20.5. The van der Waals surface area contributed by atoms with Crippen molar-refractivity contribution in [3.8, 4) is 11.1 Å². The number of alkyl halides is 3. The second-order valence-electron chi connectivity index (χ2n) is 9.44. The van der Waals surface area contributed by atoms with Crippen molar-refractivity contribution in [3.05, 3.63) is 57.1 Å². The highest BCUT2D eigenvalue weighted by molar-refractivity contribution is 14.1. The van der Waals surface area contributed by atoms with Crippen molar-refractivity contribution in [1.29, 1.82) is 0 Å². The lowest BCUT2D eigenvalue weighted by molar-refractivity contribution is -0.127. The third-order valence-corrected chi connectivity index (χ3v) is 7.47. The van der Waals surface area contributed by atoms with Gasteiger partial charge in [0, 0.05) is 47.7 Å². The van der Waals surface area contributed by atoms with Crippen LogP contribution in [0.1, 0.15) is 17.7 Å². The zero-order valence-corrected chi connectivity index (χ0v) is 22.7. The number of anilines is 2. The highest BCUT2D eigenvalue weighted by Gasteiger charge is 2.32. The molecule has 2 aliphatic heterocycles. The quantitative estimate of drug-likeness (QED) is 0.295. The third-order valence-electron chi connectivity index (χ3n) is 6.58. The molecule has 3 aromatic rings. The summed E-state index contributed by atoms with van der Waals surface area (Å²) in [6.45, 7) is 6.99. The molecule has 7 nitrogen and oxygen atoms in total. The maximum atomic E-state index is 12.9. The van der Waals surface area contributed by atoms with Crippen molar-refractivity contribution in [2.75, 3.05) is 49.6 Å². The van der Waals surface area contributed by atoms with Gasteiger partial charge in [0.05, 0.1) is 36.7 Å². The molecule has 0 saturated carbocycles. The first-order valence-electron chi connectivity index (χ1n) is 12.0. The van der Waals surface area contributed by atoms with Crippen molar-refractivity contribution < 1.29 is 22.7 Å². The number of carbonyl (C=O) groups is 1. The number of morpholine rings is 1. The lowest BCUT2D eigenvalue weighted by Gasteiger charge is -2.29. The molecule has 1 N–H and O–H groups in total. The van der Waals surface area contributed by atoms with Gasteiger partial charge in [-0.1, -0.05) is 6.08 Å². The van der Waals surface area contributed by atoms with E-state index in [1.54, 1.807) is 0 Å². The summed E-state index contributed by atoms with van der Waals surface area (Å²) < 4.78 is 46.7. The normalized spacial score (nSPS) is 16.4. The number of aromatic nitrogens is 2. The second kappa shape index (κ2) is 10.2. The first-order chi connectivity index (χ1) is 17.6. The summed E-state index contributed by atoms with van der Waals surface area (Å²) in [5.74, 6) is 0. The highest BCUT2D eigenvalue weighted by atomic mass is 127. The largest absolute Gasteiger partial charge is 0.392 e. The fourth-order valence-electron chi connectivity index (χ4n) is 4.81. The van der Waals surface area contributed by atoms with Gasteiger partial charge in [0.2, 0.25) is 0 Å². The van der Waals surface area contributed by atoms with Crippen LogP contribution in [0.15, 0.2) is 42.2 Å². The number of aryl methyl sites for hydroxylation is 2. The Kier molecular flexibility index (Phi) is 7.10. The maximum absolute atomic E-state index is 12.9. The maximum Gasteiger partial charge on any atom is 0.392 e. The second-order valence-corrected chi connectivity index (χ2v) is 10.6. The van der Waals surface area contributed by atoms with Crippen LogP contribution in [0.3, 0.4) is 0 Å². The van der Waals surface area contributed by atoms with Gasteiger partial charge in [0.15, 0.2) is 5.65 Å². The van der Waals surface area contributed by atoms with E-state index >= 15 is 0 Å². The number of urea groups is 1. The molecule has 1 saturated heterocycles. The van der Waals surface area contributed by atoms with Crippen molar-refractivity contribution in [2.24, 2.45) is 0 Å². The molecule has 4 heterocycles. The lowest BCUT2D eigenvalue weighted by atomic mass is 10.0. The first-order valence-corrected chi connectivity index (χ1v) is 13.1. The Hall–Kier alpha value is -2.80. The van der Waals surface area contributed by atoms with Crippen LogP contribution in [0.2, 0.25) is 0 Å². The molecule has 0 atom stereocenters. The Morgan fingerprint density at radius 3 is 2.65 bits per heavy atom. The Labute approximate surface area is 226 Å². The average Bonchev–Trinajstić information content (AvgIpc) is 3.45. The number of hydrogen-bond donors (Lipinski definition) is 1. The number of benzene rings is 1. The van der Waals surface area contributed by atoms with Crippen LogP contribution >= 0.6 is 22.6 Å². The number of rotatable bonds is 4. The van der Waals surface area contributed by atoms with E-state index in [1.807, 2.05) is 42.8 Å². The van der Waals surface area contributed by atoms with Gasteiger partial charge < -0.3 is 24.3 Å². The van der Waals surface area contributed by atoms with Gasteiger partial charge in [0.1, 0.15) is 0 Å². The average molecular weight is 625 g/mol. The molecule has 5 rings (SSSR count). The molecule has 196 valence electrons. The summed E-state index contributed by atoms with van der Waals surface area (Å²) in [5, 5.41) is 2.91. The van der Waals surface area contributed by atoms with Crippen LogP contribution in [0.5, 0.6) is 0 Å². The molecule has 0 bridgehead atoms.